The number of carboxylic acids is 1. The molecule has 2 aliphatic rings. The zero-order valence-electron chi connectivity index (χ0n) is 8.27. The van der Waals surface area contributed by atoms with Gasteiger partial charge in [0, 0.05) is 12.3 Å². The largest absolute Gasteiger partial charge is 0.493 e. The number of rotatable bonds is 2. The number of aliphatic carboxylic acids is 1. The van der Waals surface area contributed by atoms with Crippen molar-refractivity contribution in [2.75, 3.05) is 6.61 Å². The molecule has 15 heavy (non-hydrogen) atoms. The number of para-hydroxylation sites is 1. The molecule has 1 aromatic rings. The van der Waals surface area contributed by atoms with Crippen molar-refractivity contribution in [3.8, 4) is 5.75 Å². The van der Waals surface area contributed by atoms with Gasteiger partial charge >= 0.3 is 5.97 Å². The number of benzene rings is 1. The molecule has 0 spiro atoms. The van der Waals surface area contributed by atoms with Gasteiger partial charge in [0.15, 0.2) is 0 Å². The summed E-state index contributed by atoms with van der Waals surface area (Å²) in [5, 5.41) is 8.89. The Balaban J connectivity index is 1.94. The van der Waals surface area contributed by atoms with Gasteiger partial charge in [-0.3, -0.25) is 4.79 Å². The third-order valence-corrected chi connectivity index (χ3v) is 3.25. The lowest BCUT2D eigenvalue weighted by molar-refractivity contribution is -0.138. The summed E-state index contributed by atoms with van der Waals surface area (Å²) in [6.45, 7) is 0.733. The molecule has 1 N–H and O–H groups in total. The number of fused-ring (bicyclic) bond motifs is 1. The molecule has 0 radical (unpaired) electrons. The molecule has 1 aromatic carbocycles. The van der Waals surface area contributed by atoms with E-state index in [9.17, 15) is 4.79 Å². The van der Waals surface area contributed by atoms with Crippen molar-refractivity contribution >= 4 is 5.97 Å². The molecule has 1 fully saturated rings. The number of carboxylic acid groups (broad SMARTS) is 1. The van der Waals surface area contributed by atoms with Gasteiger partial charge in [-0.15, -0.1) is 0 Å². The summed E-state index contributed by atoms with van der Waals surface area (Å²) in [4.78, 5) is 10.8. The molecule has 0 bridgehead atoms. The standard InChI is InChI=1S/C12H12O3/c13-12(14)10-6-9(10)8-3-1-2-7-4-5-15-11(7)8/h1-3,9-10H,4-6H2,(H,13,14)/t9-,10+/m0/s1. The van der Waals surface area contributed by atoms with Crippen molar-refractivity contribution in [2.24, 2.45) is 5.92 Å². The van der Waals surface area contributed by atoms with Crippen LogP contribution >= 0.6 is 0 Å². The van der Waals surface area contributed by atoms with Crippen LogP contribution in [0.15, 0.2) is 18.2 Å². The van der Waals surface area contributed by atoms with Crippen LogP contribution in [0.25, 0.3) is 0 Å². The molecule has 1 aliphatic heterocycles. The highest BCUT2D eigenvalue weighted by atomic mass is 16.5. The van der Waals surface area contributed by atoms with Crippen LogP contribution in [-0.4, -0.2) is 17.7 Å². The summed E-state index contributed by atoms with van der Waals surface area (Å²) in [7, 11) is 0. The fourth-order valence-electron chi connectivity index (χ4n) is 2.34. The Morgan fingerprint density at radius 1 is 1.47 bits per heavy atom. The Morgan fingerprint density at radius 2 is 2.33 bits per heavy atom. The third kappa shape index (κ3) is 1.30. The molecule has 1 saturated carbocycles. The SMILES string of the molecule is O=C(O)[C@@H]1C[C@H]1c1cccc2c1OCC2. The van der Waals surface area contributed by atoms with Gasteiger partial charge < -0.3 is 9.84 Å². The van der Waals surface area contributed by atoms with Gasteiger partial charge in [0.2, 0.25) is 0 Å². The van der Waals surface area contributed by atoms with E-state index in [0.717, 1.165) is 30.8 Å². The zero-order chi connectivity index (χ0) is 10.4. The van der Waals surface area contributed by atoms with Crippen molar-refractivity contribution < 1.29 is 14.6 Å². The monoisotopic (exact) mass is 204 g/mol. The fourth-order valence-corrected chi connectivity index (χ4v) is 2.34. The summed E-state index contributed by atoms with van der Waals surface area (Å²) in [6, 6.07) is 6.06. The Bertz CT molecular complexity index is 425. The summed E-state index contributed by atoms with van der Waals surface area (Å²) in [5.74, 6) is 0.248. The van der Waals surface area contributed by atoms with Gasteiger partial charge in [-0.05, 0) is 17.5 Å². The van der Waals surface area contributed by atoms with Crippen molar-refractivity contribution in [1.29, 1.82) is 0 Å². The van der Waals surface area contributed by atoms with Gasteiger partial charge in [0.25, 0.3) is 0 Å². The minimum absolute atomic E-state index is 0.176. The fraction of sp³-hybridized carbons (Fsp3) is 0.417. The average molecular weight is 204 g/mol. The first-order valence-electron chi connectivity index (χ1n) is 5.25. The van der Waals surface area contributed by atoms with Crippen molar-refractivity contribution in [3.63, 3.8) is 0 Å². The molecule has 78 valence electrons. The van der Waals surface area contributed by atoms with Crippen LogP contribution in [0.2, 0.25) is 0 Å². The van der Waals surface area contributed by atoms with E-state index in [1.54, 1.807) is 0 Å². The van der Waals surface area contributed by atoms with E-state index in [2.05, 4.69) is 6.07 Å². The summed E-state index contributed by atoms with van der Waals surface area (Å²) < 4.78 is 5.57. The lowest BCUT2D eigenvalue weighted by atomic mass is 10.0. The molecule has 0 unspecified atom stereocenters. The Morgan fingerprint density at radius 3 is 3.07 bits per heavy atom. The molecular weight excluding hydrogens is 192 g/mol. The Kier molecular flexibility index (Phi) is 1.75. The molecule has 0 aromatic heterocycles. The maximum atomic E-state index is 10.8. The lowest BCUT2D eigenvalue weighted by Gasteiger charge is -2.06. The normalized spacial score (nSPS) is 26.9. The second-order valence-corrected chi connectivity index (χ2v) is 4.22. The molecule has 0 amide bonds. The van der Waals surface area contributed by atoms with Crippen LogP contribution in [0.4, 0.5) is 0 Å². The molecular formula is C12H12O3. The van der Waals surface area contributed by atoms with Crippen molar-refractivity contribution in [2.45, 2.75) is 18.8 Å². The predicted octanol–water partition coefficient (Wildman–Crippen LogP) is 1.81. The van der Waals surface area contributed by atoms with E-state index in [1.165, 1.54) is 5.56 Å². The van der Waals surface area contributed by atoms with Crippen LogP contribution in [-0.2, 0) is 11.2 Å². The van der Waals surface area contributed by atoms with E-state index in [-0.39, 0.29) is 11.8 Å². The van der Waals surface area contributed by atoms with Gasteiger partial charge in [0.1, 0.15) is 5.75 Å². The average Bonchev–Trinajstić information content (AvgIpc) is 2.87. The molecule has 3 heteroatoms. The summed E-state index contributed by atoms with van der Waals surface area (Å²) in [5.41, 5.74) is 2.32. The quantitative estimate of drug-likeness (QED) is 0.799. The molecule has 2 atom stereocenters. The highest BCUT2D eigenvalue weighted by molar-refractivity contribution is 5.75. The van der Waals surface area contributed by atoms with Gasteiger partial charge in [0.05, 0.1) is 12.5 Å². The number of hydrogen-bond donors (Lipinski definition) is 1. The molecule has 3 rings (SSSR count). The number of ether oxygens (including phenoxy) is 1. The van der Waals surface area contributed by atoms with E-state index >= 15 is 0 Å². The van der Waals surface area contributed by atoms with Crippen LogP contribution in [0.5, 0.6) is 5.75 Å². The van der Waals surface area contributed by atoms with E-state index in [1.807, 2.05) is 12.1 Å². The molecule has 3 nitrogen and oxygen atoms in total. The van der Waals surface area contributed by atoms with Crippen LogP contribution < -0.4 is 4.74 Å². The van der Waals surface area contributed by atoms with E-state index in [0.29, 0.717) is 0 Å². The smallest absolute Gasteiger partial charge is 0.307 e. The first-order chi connectivity index (χ1) is 7.27. The molecule has 1 aliphatic carbocycles. The van der Waals surface area contributed by atoms with Crippen LogP contribution in [0.1, 0.15) is 23.5 Å². The number of carbonyl (C=O) groups is 1. The Labute approximate surface area is 87.7 Å². The summed E-state index contributed by atoms with van der Waals surface area (Å²) >= 11 is 0. The van der Waals surface area contributed by atoms with Crippen LogP contribution in [0, 0.1) is 5.92 Å². The highest BCUT2D eigenvalue weighted by Gasteiger charge is 2.46. The van der Waals surface area contributed by atoms with E-state index in [4.69, 9.17) is 9.84 Å². The Hall–Kier alpha value is -1.51. The second kappa shape index (κ2) is 2.99. The topological polar surface area (TPSA) is 46.5 Å². The zero-order valence-corrected chi connectivity index (χ0v) is 8.27. The van der Waals surface area contributed by atoms with E-state index < -0.39 is 5.97 Å². The molecule has 0 saturated heterocycles. The number of hydrogen-bond acceptors (Lipinski definition) is 2. The first-order valence-corrected chi connectivity index (χ1v) is 5.25. The van der Waals surface area contributed by atoms with Crippen LogP contribution in [0.3, 0.4) is 0 Å². The first kappa shape index (κ1) is 8.77. The minimum Gasteiger partial charge on any atom is -0.493 e. The van der Waals surface area contributed by atoms with Crippen molar-refractivity contribution in [3.05, 3.63) is 29.3 Å². The van der Waals surface area contributed by atoms with Gasteiger partial charge in [-0.2, -0.15) is 0 Å². The highest BCUT2D eigenvalue weighted by Crippen LogP contribution is 2.51. The maximum Gasteiger partial charge on any atom is 0.307 e. The minimum atomic E-state index is -0.685. The van der Waals surface area contributed by atoms with Gasteiger partial charge in [-0.1, -0.05) is 18.2 Å². The molecule has 1 heterocycles. The second-order valence-electron chi connectivity index (χ2n) is 4.22. The predicted molar refractivity (Wildman–Crippen MR) is 54.1 cm³/mol. The van der Waals surface area contributed by atoms with Gasteiger partial charge in [-0.25, -0.2) is 0 Å². The lowest BCUT2D eigenvalue weighted by Crippen LogP contribution is -1.99. The van der Waals surface area contributed by atoms with Crippen molar-refractivity contribution in [1.82, 2.24) is 0 Å². The maximum absolute atomic E-state index is 10.8. The third-order valence-electron chi connectivity index (χ3n) is 3.25. The summed E-state index contributed by atoms with van der Waals surface area (Å²) in [6.07, 6.45) is 1.71.